The monoisotopic (exact) mass is 213 g/mol. The first-order chi connectivity index (χ1) is 7.88. The summed E-state index contributed by atoms with van der Waals surface area (Å²) in [7, 11) is 0. The number of aromatic nitrogens is 1. The molecule has 82 valence electrons. The van der Waals surface area contributed by atoms with Crippen LogP contribution in [0.15, 0.2) is 48.8 Å². The fourth-order valence-electron chi connectivity index (χ4n) is 1.57. The molecule has 2 nitrogen and oxygen atoms in total. The first kappa shape index (κ1) is 10.7. The first-order valence-electron chi connectivity index (χ1n) is 5.55. The highest BCUT2D eigenvalue weighted by Crippen LogP contribution is 2.20. The lowest BCUT2D eigenvalue weighted by molar-refractivity contribution is 0.479. The van der Waals surface area contributed by atoms with Crippen molar-refractivity contribution in [3.05, 3.63) is 54.4 Å². The zero-order valence-electron chi connectivity index (χ0n) is 9.39. The summed E-state index contributed by atoms with van der Waals surface area (Å²) in [4.78, 5) is 4.17. The molecule has 0 atom stereocenters. The van der Waals surface area contributed by atoms with Crippen molar-refractivity contribution in [3.63, 3.8) is 0 Å². The predicted octanol–water partition coefficient (Wildman–Crippen LogP) is 3.83. The molecule has 0 aliphatic rings. The number of nitrogens with zero attached hydrogens (tertiary/aromatic N) is 1. The van der Waals surface area contributed by atoms with Crippen LogP contribution in [0.25, 0.3) is 0 Å². The largest absolute Gasteiger partial charge is 0.456 e. The number of benzene rings is 1. The number of rotatable bonds is 4. The summed E-state index contributed by atoms with van der Waals surface area (Å²) in [6.45, 7) is 2.16. The van der Waals surface area contributed by atoms with E-state index >= 15 is 0 Å². The number of pyridine rings is 1. The highest BCUT2D eigenvalue weighted by Gasteiger charge is 1.98. The number of aryl methyl sites for hydroxylation is 1. The SMILES string of the molecule is CCCc1cncc(Oc2ccccc2)c1. The van der Waals surface area contributed by atoms with Crippen LogP contribution < -0.4 is 4.74 Å². The molecule has 16 heavy (non-hydrogen) atoms. The van der Waals surface area contributed by atoms with E-state index in [1.807, 2.05) is 42.6 Å². The fourth-order valence-corrected chi connectivity index (χ4v) is 1.57. The van der Waals surface area contributed by atoms with Gasteiger partial charge < -0.3 is 4.74 Å². The third-order valence-corrected chi connectivity index (χ3v) is 2.29. The Kier molecular flexibility index (Phi) is 3.54. The van der Waals surface area contributed by atoms with Gasteiger partial charge in [0.1, 0.15) is 11.5 Å². The summed E-state index contributed by atoms with van der Waals surface area (Å²) in [5.74, 6) is 1.65. The molecule has 0 radical (unpaired) electrons. The summed E-state index contributed by atoms with van der Waals surface area (Å²) < 4.78 is 5.70. The average Bonchev–Trinajstić information content (AvgIpc) is 2.31. The Labute approximate surface area is 95.9 Å². The number of para-hydroxylation sites is 1. The number of ether oxygens (including phenoxy) is 1. The van der Waals surface area contributed by atoms with Crippen molar-refractivity contribution in [1.29, 1.82) is 0 Å². The molecule has 1 aromatic heterocycles. The molecule has 2 aromatic rings. The number of hydrogen-bond acceptors (Lipinski definition) is 2. The summed E-state index contributed by atoms with van der Waals surface area (Å²) in [6.07, 6.45) is 5.79. The summed E-state index contributed by atoms with van der Waals surface area (Å²) in [6, 6.07) is 11.8. The van der Waals surface area contributed by atoms with E-state index in [1.54, 1.807) is 6.20 Å². The Morgan fingerprint density at radius 3 is 2.62 bits per heavy atom. The van der Waals surface area contributed by atoms with Gasteiger partial charge in [0, 0.05) is 6.20 Å². The van der Waals surface area contributed by atoms with E-state index in [1.165, 1.54) is 5.56 Å². The smallest absolute Gasteiger partial charge is 0.145 e. The van der Waals surface area contributed by atoms with Crippen LogP contribution in [0.2, 0.25) is 0 Å². The van der Waals surface area contributed by atoms with Crippen LogP contribution in [-0.4, -0.2) is 4.98 Å². The van der Waals surface area contributed by atoms with Gasteiger partial charge >= 0.3 is 0 Å². The molecule has 1 aromatic carbocycles. The van der Waals surface area contributed by atoms with Crippen LogP contribution in [0.1, 0.15) is 18.9 Å². The molecule has 0 unspecified atom stereocenters. The Morgan fingerprint density at radius 1 is 1.06 bits per heavy atom. The maximum Gasteiger partial charge on any atom is 0.145 e. The van der Waals surface area contributed by atoms with Crippen molar-refractivity contribution in [2.45, 2.75) is 19.8 Å². The second-order valence-electron chi connectivity index (χ2n) is 3.69. The maximum absolute atomic E-state index is 5.70. The van der Waals surface area contributed by atoms with Gasteiger partial charge in [-0.25, -0.2) is 0 Å². The van der Waals surface area contributed by atoms with E-state index in [4.69, 9.17) is 4.74 Å². The van der Waals surface area contributed by atoms with E-state index in [0.29, 0.717) is 0 Å². The zero-order valence-corrected chi connectivity index (χ0v) is 9.39. The molecule has 1 heterocycles. The zero-order chi connectivity index (χ0) is 11.2. The van der Waals surface area contributed by atoms with Crippen molar-refractivity contribution in [1.82, 2.24) is 4.98 Å². The molecule has 0 bridgehead atoms. The van der Waals surface area contributed by atoms with Crippen LogP contribution in [-0.2, 0) is 6.42 Å². The highest BCUT2D eigenvalue weighted by atomic mass is 16.5. The Balaban J connectivity index is 2.12. The van der Waals surface area contributed by atoms with Crippen molar-refractivity contribution >= 4 is 0 Å². The molecular formula is C14H15NO. The molecule has 0 aliphatic heterocycles. The molecule has 2 rings (SSSR count). The van der Waals surface area contributed by atoms with Crippen LogP contribution in [0, 0.1) is 0 Å². The van der Waals surface area contributed by atoms with E-state index in [2.05, 4.69) is 11.9 Å². The summed E-state index contributed by atoms with van der Waals surface area (Å²) in [5, 5.41) is 0. The fraction of sp³-hybridized carbons (Fsp3) is 0.214. The van der Waals surface area contributed by atoms with E-state index in [0.717, 1.165) is 24.3 Å². The van der Waals surface area contributed by atoms with Crippen LogP contribution in [0.5, 0.6) is 11.5 Å². The van der Waals surface area contributed by atoms with Crippen molar-refractivity contribution in [2.24, 2.45) is 0 Å². The standard InChI is InChI=1S/C14H15NO/c1-2-6-12-9-14(11-15-10-12)16-13-7-4-3-5-8-13/h3-5,7-11H,2,6H2,1H3. The van der Waals surface area contributed by atoms with Gasteiger partial charge in [-0.1, -0.05) is 31.5 Å². The van der Waals surface area contributed by atoms with Crippen LogP contribution in [0.3, 0.4) is 0 Å². The van der Waals surface area contributed by atoms with Gasteiger partial charge in [-0.15, -0.1) is 0 Å². The number of hydrogen-bond donors (Lipinski definition) is 0. The Bertz CT molecular complexity index is 439. The maximum atomic E-state index is 5.70. The van der Waals surface area contributed by atoms with Gasteiger partial charge in [-0.2, -0.15) is 0 Å². The lowest BCUT2D eigenvalue weighted by atomic mass is 10.2. The predicted molar refractivity (Wildman–Crippen MR) is 64.7 cm³/mol. The van der Waals surface area contributed by atoms with E-state index in [-0.39, 0.29) is 0 Å². The topological polar surface area (TPSA) is 22.1 Å². The van der Waals surface area contributed by atoms with Gasteiger partial charge in [0.2, 0.25) is 0 Å². The minimum atomic E-state index is 0.803. The van der Waals surface area contributed by atoms with Crippen LogP contribution in [0.4, 0.5) is 0 Å². The van der Waals surface area contributed by atoms with Crippen molar-refractivity contribution < 1.29 is 4.74 Å². The van der Waals surface area contributed by atoms with Gasteiger partial charge in [0.05, 0.1) is 6.20 Å². The second kappa shape index (κ2) is 5.31. The molecule has 0 fully saturated rings. The summed E-state index contributed by atoms with van der Waals surface area (Å²) >= 11 is 0. The third-order valence-electron chi connectivity index (χ3n) is 2.29. The van der Waals surface area contributed by atoms with Gasteiger partial charge in [0.15, 0.2) is 0 Å². The van der Waals surface area contributed by atoms with E-state index < -0.39 is 0 Å². The second-order valence-corrected chi connectivity index (χ2v) is 3.69. The molecule has 0 saturated carbocycles. The molecular weight excluding hydrogens is 198 g/mol. The highest BCUT2D eigenvalue weighted by molar-refractivity contribution is 5.31. The molecule has 0 saturated heterocycles. The Hall–Kier alpha value is -1.83. The minimum absolute atomic E-state index is 0.803. The first-order valence-corrected chi connectivity index (χ1v) is 5.55. The molecule has 0 aliphatic carbocycles. The molecule has 0 N–H and O–H groups in total. The van der Waals surface area contributed by atoms with Crippen molar-refractivity contribution in [3.8, 4) is 11.5 Å². The molecule has 0 amide bonds. The average molecular weight is 213 g/mol. The van der Waals surface area contributed by atoms with E-state index in [9.17, 15) is 0 Å². The Morgan fingerprint density at radius 2 is 1.88 bits per heavy atom. The molecule has 0 spiro atoms. The quantitative estimate of drug-likeness (QED) is 0.770. The normalized spacial score (nSPS) is 10.1. The lowest BCUT2D eigenvalue weighted by Crippen LogP contribution is -1.89. The third kappa shape index (κ3) is 2.83. The van der Waals surface area contributed by atoms with Gasteiger partial charge in [-0.3, -0.25) is 4.98 Å². The van der Waals surface area contributed by atoms with Crippen molar-refractivity contribution in [2.75, 3.05) is 0 Å². The minimum Gasteiger partial charge on any atom is -0.456 e. The lowest BCUT2D eigenvalue weighted by Gasteiger charge is -2.06. The molecule has 2 heteroatoms. The summed E-state index contributed by atoms with van der Waals surface area (Å²) in [5.41, 5.74) is 1.22. The van der Waals surface area contributed by atoms with Gasteiger partial charge in [-0.05, 0) is 30.2 Å². The van der Waals surface area contributed by atoms with Gasteiger partial charge in [0.25, 0.3) is 0 Å². The van der Waals surface area contributed by atoms with Crippen LogP contribution >= 0.6 is 0 Å².